The molecule has 4 heteroatoms. The fourth-order valence-corrected chi connectivity index (χ4v) is 5.53. The number of hydrogen-bond donors (Lipinski definition) is 0. The maximum absolute atomic E-state index is 5.62. The molecule has 6 rings (SSSR count). The average Bonchev–Trinajstić information content (AvgIpc) is 2.94. The van der Waals surface area contributed by atoms with Crippen LogP contribution in [0.15, 0.2) is 91.0 Å². The van der Waals surface area contributed by atoms with Crippen molar-refractivity contribution in [3.63, 3.8) is 0 Å². The zero-order chi connectivity index (χ0) is 25.7. The molecule has 0 unspecified atom stereocenters. The number of fused-ring (bicyclic) bond motifs is 3. The van der Waals surface area contributed by atoms with Crippen molar-refractivity contribution in [3.8, 4) is 33.8 Å². The first-order valence-corrected chi connectivity index (χ1v) is 12.5. The number of rotatable bonds is 4. The molecule has 0 aliphatic carbocycles. The zero-order valence-corrected chi connectivity index (χ0v) is 21.9. The van der Waals surface area contributed by atoms with Gasteiger partial charge in [0.25, 0.3) is 0 Å². The first kappa shape index (κ1) is 23.0. The third kappa shape index (κ3) is 3.68. The first-order valence-electron chi connectivity index (χ1n) is 12.5. The second kappa shape index (κ2) is 8.90. The minimum atomic E-state index is 0.880. The number of nitrogens with zero attached hydrogens (tertiary/aromatic N) is 2. The second-order valence-corrected chi connectivity index (χ2v) is 9.57. The van der Waals surface area contributed by atoms with Crippen LogP contribution in [0.4, 0.5) is 22.7 Å². The highest BCUT2D eigenvalue weighted by molar-refractivity contribution is 6.02. The lowest BCUT2D eigenvalue weighted by Gasteiger charge is -2.37. The summed E-state index contributed by atoms with van der Waals surface area (Å²) in [7, 11) is 7.73. The van der Waals surface area contributed by atoms with Crippen LogP contribution in [0.3, 0.4) is 0 Å². The van der Waals surface area contributed by atoms with Gasteiger partial charge in [-0.3, -0.25) is 0 Å². The number of anilines is 4. The van der Waals surface area contributed by atoms with Gasteiger partial charge < -0.3 is 19.3 Å². The van der Waals surface area contributed by atoms with E-state index in [1.165, 1.54) is 56.0 Å². The molecule has 1 aliphatic heterocycles. The molecule has 0 atom stereocenters. The van der Waals surface area contributed by atoms with Crippen LogP contribution >= 0.6 is 0 Å². The highest BCUT2D eigenvalue weighted by atomic mass is 16.5. The highest BCUT2D eigenvalue weighted by Gasteiger charge is 2.25. The molecule has 0 fully saturated rings. The lowest BCUT2D eigenvalue weighted by Crippen LogP contribution is -2.24. The van der Waals surface area contributed by atoms with Crippen molar-refractivity contribution in [2.45, 2.75) is 6.92 Å². The van der Waals surface area contributed by atoms with Gasteiger partial charge in [0.2, 0.25) is 0 Å². The molecule has 5 aromatic carbocycles. The van der Waals surface area contributed by atoms with E-state index in [0.29, 0.717) is 0 Å². The minimum absolute atomic E-state index is 0.880. The molecule has 0 saturated heterocycles. The highest BCUT2D eigenvalue weighted by Crippen LogP contribution is 2.49. The molecule has 184 valence electrons. The van der Waals surface area contributed by atoms with Gasteiger partial charge in [-0.05, 0) is 82.6 Å². The Morgan fingerprint density at radius 2 is 1.14 bits per heavy atom. The number of aryl methyl sites for hydroxylation is 1. The Kier molecular flexibility index (Phi) is 5.53. The SMILES string of the molecule is COc1ccc(-c2ccc3c(c2)N(C)c2ccc(-c4ccc(OC)c5ccccc45)cc2N3C)c(C)c1. The summed E-state index contributed by atoms with van der Waals surface area (Å²) in [5, 5.41) is 2.31. The fourth-order valence-electron chi connectivity index (χ4n) is 5.53. The Labute approximate surface area is 218 Å². The molecule has 1 heterocycles. The summed E-state index contributed by atoms with van der Waals surface area (Å²) < 4.78 is 11.0. The Balaban J connectivity index is 1.43. The van der Waals surface area contributed by atoms with E-state index in [1.807, 2.05) is 6.07 Å². The number of hydrogen-bond acceptors (Lipinski definition) is 4. The van der Waals surface area contributed by atoms with Crippen LogP contribution in [-0.4, -0.2) is 28.3 Å². The van der Waals surface area contributed by atoms with Crippen LogP contribution in [0.1, 0.15) is 5.56 Å². The van der Waals surface area contributed by atoms with Crippen molar-refractivity contribution in [2.75, 3.05) is 38.1 Å². The van der Waals surface area contributed by atoms with E-state index < -0.39 is 0 Å². The summed E-state index contributed by atoms with van der Waals surface area (Å²) in [4.78, 5) is 4.59. The van der Waals surface area contributed by atoms with Gasteiger partial charge in [0.1, 0.15) is 11.5 Å². The van der Waals surface area contributed by atoms with Gasteiger partial charge in [-0.2, -0.15) is 0 Å². The van der Waals surface area contributed by atoms with Crippen LogP contribution < -0.4 is 19.3 Å². The van der Waals surface area contributed by atoms with E-state index in [0.717, 1.165) is 16.9 Å². The molecule has 0 N–H and O–H groups in total. The van der Waals surface area contributed by atoms with Crippen molar-refractivity contribution >= 4 is 33.5 Å². The molecule has 37 heavy (non-hydrogen) atoms. The third-order valence-electron chi connectivity index (χ3n) is 7.56. The van der Waals surface area contributed by atoms with E-state index >= 15 is 0 Å². The van der Waals surface area contributed by atoms with E-state index in [2.05, 4.69) is 116 Å². The van der Waals surface area contributed by atoms with Gasteiger partial charge in [0, 0.05) is 19.5 Å². The Hall–Kier alpha value is -4.44. The standard InChI is InChI=1S/C33H30N2O2/c1-21-18-24(36-4)12-13-25(21)22-10-15-29-31(19-22)34(2)30-16-11-23(20-32(30)35(29)3)26-14-17-33(37-5)28-9-7-6-8-27(26)28/h6-20H,1-5H3. The molecule has 4 nitrogen and oxygen atoms in total. The summed E-state index contributed by atoms with van der Waals surface area (Å²) >= 11 is 0. The normalized spacial score (nSPS) is 12.4. The van der Waals surface area contributed by atoms with Gasteiger partial charge >= 0.3 is 0 Å². The molecule has 0 spiro atoms. The quantitative estimate of drug-likeness (QED) is 0.255. The van der Waals surface area contributed by atoms with Gasteiger partial charge in [-0.25, -0.2) is 0 Å². The molecule has 0 aromatic heterocycles. The minimum Gasteiger partial charge on any atom is -0.497 e. The maximum atomic E-state index is 5.62. The summed E-state index contributed by atoms with van der Waals surface area (Å²) in [5.41, 5.74) is 10.7. The Bertz CT molecular complexity index is 1660. The second-order valence-electron chi connectivity index (χ2n) is 9.57. The zero-order valence-electron chi connectivity index (χ0n) is 21.9. The molecule has 5 aromatic rings. The average molecular weight is 487 g/mol. The molecule has 0 bridgehead atoms. The van der Waals surface area contributed by atoms with Crippen molar-refractivity contribution in [1.29, 1.82) is 0 Å². The van der Waals surface area contributed by atoms with Crippen LogP contribution in [0.5, 0.6) is 11.5 Å². The number of methoxy groups -OCH3 is 2. The first-order chi connectivity index (χ1) is 18.0. The molecule has 1 aliphatic rings. The predicted molar refractivity (Wildman–Crippen MR) is 155 cm³/mol. The van der Waals surface area contributed by atoms with Gasteiger partial charge in [0.05, 0.1) is 37.0 Å². The topological polar surface area (TPSA) is 24.9 Å². The monoisotopic (exact) mass is 486 g/mol. The third-order valence-corrected chi connectivity index (χ3v) is 7.56. The Morgan fingerprint density at radius 1 is 0.541 bits per heavy atom. The van der Waals surface area contributed by atoms with Crippen LogP contribution in [-0.2, 0) is 0 Å². The van der Waals surface area contributed by atoms with Crippen molar-refractivity contribution < 1.29 is 9.47 Å². The van der Waals surface area contributed by atoms with Crippen LogP contribution in [0, 0.1) is 6.92 Å². The van der Waals surface area contributed by atoms with Crippen molar-refractivity contribution in [3.05, 3.63) is 96.6 Å². The summed E-state index contributed by atoms with van der Waals surface area (Å²) in [6, 6.07) is 32.4. The van der Waals surface area contributed by atoms with Crippen molar-refractivity contribution in [1.82, 2.24) is 0 Å². The molecular formula is C33H30N2O2. The molecule has 0 radical (unpaired) electrons. The van der Waals surface area contributed by atoms with Crippen LogP contribution in [0.2, 0.25) is 0 Å². The van der Waals surface area contributed by atoms with Gasteiger partial charge in [-0.1, -0.05) is 48.5 Å². The summed E-state index contributed by atoms with van der Waals surface area (Å²) in [6.07, 6.45) is 0. The van der Waals surface area contributed by atoms with E-state index in [-0.39, 0.29) is 0 Å². The van der Waals surface area contributed by atoms with Gasteiger partial charge in [0.15, 0.2) is 0 Å². The Morgan fingerprint density at radius 3 is 1.73 bits per heavy atom. The van der Waals surface area contributed by atoms with Gasteiger partial charge in [-0.15, -0.1) is 0 Å². The van der Waals surface area contributed by atoms with E-state index in [4.69, 9.17) is 9.47 Å². The summed E-state index contributed by atoms with van der Waals surface area (Å²) in [6.45, 7) is 2.13. The number of benzene rings is 5. The molecular weight excluding hydrogens is 456 g/mol. The predicted octanol–water partition coefficient (Wildman–Crippen LogP) is 8.35. The largest absolute Gasteiger partial charge is 0.497 e. The van der Waals surface area contributed by atoms with E-state index in [1.54, 1.807) is 14.2 Å². The van der Waals surface area contributed by atoms with E-state index in [9.17, 15) is 0 Å². The van der Waals surface area contributed by atoms with Crippen molar-refractivity contribution in [2.24, 2.45) is 0 Å². The maximum Gasteiger partial charge on any atom is 0.126 e. The molecule has 0 amide bonds. The lowest BCUT2D eigenvalue weighted by atomic mass is 9.95. The lowest BCUT2D eigenvalue weighted by molar-refractivity contribution is 0.414. The van der Waals surface area contributed by atoms with Crippen LogP contribution in [0.25, 0.3) is 33.0 Å². The molecule has 0 saturated carbocycles. The number of ether oxygens (including phenoxy) is 2. The smallest absolute Gasteiger partial charge is 0.126 e. The fraction of sp³-hybridized carbons (Fsp3) is 0.152. The summed E-state index contributed by atoms with van der Waals surface area (Å²) in [5.74, 6) is 1.77.